The Morgan fingerprint density at radius 1 is 1.04 bits per heavy atom. The summed E-state index contributed by atoms with van der Waals surface area (Å²) in [6.07, 6.45) is 0. The fourth-order valence-corrected chi connectivity index (χ4v) is 3.00. The number of aromatic nitrogens is 1. The highest BCUT2D eigenvalue weighted by molar-refractivity contribution is 6.30. The summed E-state index contributed by atoms with van der Waals surface area (Å²) < 4.78 is 1.56. The maximum Gasteiger partial charge on any atom is 0.259 e. The van der Waals surface area contributed by atoms with E-state index in [9.17, 15) is 10.1 Å². The smallest absolute Gasteiger partial charge is 0.259 e. The highest BCUT2D eigenvalue weighted by Crippen LogP contribution is 2.32. The van der Waals surface area contributed by atoms with E-state index >= 15 is 0 Å². The van der Waals surface area contributed by atoms with E-state index in [-0.39, 0.29) is 11.6 Å². The van der Waals surface area contributed by atoms with E-state index in [1.54, 1.807) is 22.8 Å². The largest absolute Gasteiger partial charge is 0.296 e. The molecular weight excluding hydrogens is 308 g/mol. The van der Waals surface area contributed by atoms with E-state index < -0.39 is 0 Å². The van der Waals surface area contributed by atoms with Gasteiger partial charge in [0.2, 0.25) is 0 Å². The van der Waals surface area contributed by atoms with Crippen molar-refractivity contribution in [2.24, 2.45) is 0 Å². The van der Waals surface area contributed by atoms with E-state index in [1.165, 1.54) is 0 Å². The third-order valence-corrected chi connectivity index (χ3v) is 4.13. The van der Waals surface area contributed by atoms with Crippen molar-refractivity contribution < 1.29 is 0 Å². The molecule has 3 aromatic rings. The zero-order valence-corrected chi connectivity index (χ0v) is 13.6. The summed E-state index contributed by atoms with van der Waals surface area (Å²) >= 11 is 5.98. The fourth-order valence-electron chi connectivity index (χ4n) is 2.88. The highest BCUT2D eigenvalue weighted by atomic mass is 35.5. The number of benzene rings is 2. The molecule has 1 aromatic heterocycles. The van der Waals surface area contributed by atoms with Gasteiger partial charge in [-0.1, -0.05) is 41.9 Å². The number of fused-ring (bicyclic) bond motifs is 1. The van der Waals surface area contributed by atoms with Crippen molar-refractivity contribution in [1.29, 1.82) is 5.26 Å². The Kier molecular flexibility index (Phi) is 3.94. The molecule has 0 bridgehead atoms. The lowest BCUT2D eigenvalue weighted by Crippen LogP contribution is -2.25. The van der Waals surface area contributed by atoms with Gasteiger partial charge in [0.05, 0.1) is 0 Å². The van der Waals surface area contributed by atoms with Gasteiger partial charge in [-0.25, -0.2) is 0 Å². The van der Waals surface area contributed by atoms with Crippen LogP contribution in [0.4, 0.5) is 0 Å². The van der Waals surface area contributed by atoms with Gasteiger partial charge >= 0.3 is 0 Å². The second-order valence-corrected chi connectivity index (χ2v) is 6.09. The summed E-state index contributed by atoms with van der Waals surface area (Å²) in [5.74, 6) is 0. The molecule has 0 aliphatic carbocycles. The van der Waals surface area contributed by atoms with Gasteiger partial charge in [-0.3, -0.25) is 9.36 Å². The molecule has 4 heteroatoms. The molecule has 0 aliphatic heterocycles. The van der Waals surface area contributed by atoms with Crippen LogP contribution in [-0.2, 0) is 0 Å². The fraction of sp³-hybridized carbons (Fsp3) is 0.158. The van der Waals surface area contributed by atoms with Crippen molar-refractivity contribution in [2.45, 2.75) is 19.9 Å². The first-order valence-corrected chi connectivity index (χ1v) is 7.75. The first-order valence-electron chi connectivity index (χ1n) is 7.38. The maximum atomic E-state index is 12.8. The predicted octanol–water partition coefficient (Wildman–Crippen LogP) is 4.77. The first-order chi connectivity index (χ1) is 11.0. The molecule has 23 heavy (non-hydrogen) atoms. The van der Waals surface area contributed by atoms with Crippen LogP contribution >= 0.6 is 11.6 Å². The Balaban J connectivity index is 2.54. The monoisotopic (exact) mass is 322 g/mol. The van der Waals surface area contributed by atoms with Crippen LogP contribution in [0.25, 0.3) is 21.9 Å². The van der Waals surface area contributed by atoms with Crippen molar-refractivity contribution in [3.63, 3.8) is 0 Å². The normalized spacial score (nSPS) is 10.9. The number of nitriles is 1. The molecule has 0 saturated heterocycles. The van der Waals surface area contributed by atoms with Gasteiger partial charge < -0.3 is 0 Å². The van der Waals surface area contributed by atoms with E-state index in [0.29, 0.717) is 16.1 Å². The standard InChI is InChI=1S/C19H15ClN2O/c1-12(2)22-17(11-21)18(13-7-9-14(20)10-8-13)15-5-3-4-6-16(15)19(22)23/h3-10,12H,1-2H3. The Bertz CT molecular complexity index is 979. The van der Waals surface area contributed by atoms with Crippen LogP contribution in [0, 0.1) is 11.3 Å². The van der Waals surface area contributed by atoms with Crippen molar-refractivity contribution in [1.82, 2.24) is 4.57 Å². The van der Waals surface area contributed by atoms with Crippen LogP contribution in [0.1, 0.15) is 25.6 Å². The molecule has 114 valence electrons. The molecule has 0 spiro atoms. The molecule has 0 unspecified atom stereocenters. The number of hydrogen-bond acceptors (Lipinski definition) is 2. The molecule has 0 saturated carbocycles. The van der Waals surface area contributed by atoms with E-state index in [2.05, 4.69) is 6.07 Å². The lowest BCUT2D eigenvalue weighted by Gasteiger charge is -2.18. The minimum Gasteiger partial charge on any atom is -0.296 e. The average molecular weight is 323 g/mol. The number of nitrogens with zero attached hydrogens (tertiary/aromatic N) is 2. The zero-order chi connectivity index (χ0) is 16.6. The Morgan fingerprint density at radius 3 is 2.22 bits per heavy atom. The number of pyridine rings is 1. The molecule has 0 radical (unpaired) electrons. The van der Waals surface area contributed by atoms with Crippen LogP contribution in [0.5, 0.6) is 0 Å². The van der Waals surface area contributed by atoms with Crippen molar-refractivity contribution in [3.8, 4) is 17.2 Å². The maximum absolute atomic E-state index is 12.8. The van der Waals surface area contributed by atoms with Crippen LogP contribution < -0.4 is 5.56 Å². The third kappa shape index (κ3) is 2.52. The van der Waals surface area contributed by atoms with Crippen LogP contribution in [0.15, 0.2) is 53.3 Å². The molecule has 1 heterocycles. The lowest BCUT2D eigenvalue weighted by molar-refractivity contribution is 0.577. The van der Waals surface area contributed by atoms with Gasteiger partial charge in [0.15, 0.2) is 0 Å². The van der Waals surface area contributed by atoms with Crippen molar-refractivity contribution >= 4 is 22.4 Å². The Hall–Kier alpha value is -2.57. The van der Waals surface area contributed by atoms with Gasteiger partial charge in [0.1, 0.15) is 11.8 Å². The highest BCUT2D eigenvalue weighted by Gasteiger charge is 2.19. The van der Waals surface area contributed by atoms with Gasteiger partial charge in [0, 0.05) is 22.0 Å². The molecule has 3 nitrogen and oxygen atoms in total. The van der Waals surface area contributed by atoms with E-state index in [0.717, 1.165) is 16.5 Å². The summed E-state index contributed by atoms with van der Waals surface area (Å²) in [5, 5.41) is 11.7. The summed E-state index contributed by atoms with van der Waals surface area (Å²) in [4.78, 5) is 12.8. The zero-order valence-electron chi connectivity index (χ0n) is 12.9. The van der Waals surface area contributed by atoms with Crippen LogP contribution in [-0.4, -0.2) is 4.57 Å². The third-order valence-electron chi connectivity index (χ3n) is 3.88. The molecule has 0 aliphatic rings. The number of halogens is 1. The minimum atomic E-state index is -0.134. The predicted molar refractivity (Wildman–Crippen MR) is 93.8 cm³/mol. The van der Waals surface area contributed by atoms with E-state index in [1.807, 2.05) is 44.2 Å². The van der Waals surface area contributed by atoms with Crippen LogP contribution in [0.3, 0.4) is 0 Å². The second-order valence-electron chi connectivity index (χ2n) is 5.66. The van der Waals surface area contributed by atoms with Gasteiger partial charge in [-0.05, 0) is 43.0 Å². The van der Waals surface area contributed by atoms with Gasteiger partial charge in [-0.15, -0.1) is 0 Å². The molecule has 3 rings (SSSR count). The van der Waals surface area contributed by atoms with Gasteiger partial charge in [0.25, 0.3) is 5.56 Å². The Morgan fingerprint density at radius 2 is 1.65 bits per heavy atom. The molecule has 0 atom stereocenters. The molecule has 2 aromatic carbocycles. The minimum absolute atomic E-state index is 0.104. The quantitative estimate of drug-likeness (QED) is 0.682. The average Bonchev–Trinajstić information content (AvgIpc) is 2.55. The first kappa shape index (κ1) is 15.3. The van der Waals surface area contributed by atoms with Gasteiger partial charge in [-0.2, -0.15) is 5.26 Å². The molecule has 0 N–H and O–H groups in total. The van der Waals surface area contributed by atoms with Crippen molar-refractivity contribution in [3.05, 3.63) is 69.6 Å². The number of rotatable bonds is 2. The van der Waals surface area contributed by atoms with Crippen molar-refractivity contribution in [2.75, 3.05) is 0 Å². The Labute approximate surface area is 139 Å². The molecule has 0 amide bonds. The molecule has 0 fully saturated rings. The summed E-state index contributed by atoms with van der Waals surface area (Å²) in [6.45, 7) is 3.81. The topological polar surface area (TPSA) is 45.8 Å². The summed E-state index contributed by atoms with van der Waals surface area (Å²) in [5.41, 5.74) is 1.89. The summed E-state index contributed by atoms with van der Waals surface area (Å²) in [7, 11) is 0. The second kappa shape index (κ2) is 5.91. The summed E-state index contributed by atoms with van der Waals surface area (Å²) in [6, 6.07) is 16.8. The number of hydrogen-bond donors (Lipinski definition) is 0. The van der Waals surface area contributed by atoms with Crippen LogP contribution in [0.2, 0.25) is 5.02 Å². The lowest BCUT2D eigenvalue weighted by atomic mass is 9.96. The molecular formula is C19H15ClN2O. The SMILES string of the molecule is CC(C)n1c(C#N)c(-c2ccc(Cl)cc2)c2ccccc2c1=O. The van der Waals surface area contributed by atoms with E-state index in [4.69, 9.17) is 11.6 Å².